The van der Waals surface area contributed by atoms with Gasteiger partial charge in [0.2, 0.25) is 0 Å². The number of rotatable bonds is 7. The lowest BCUT2D eigenvalue weighted by atomic mass is 9.70. The number of hydrogen-bond acceptors (Lipinski definition) is 7. The summed E-state index contributed by atoms with van der Waals surface area (Å²) in [4.78, 5) is 40.2. The molecular weight excluding hydrogens is 565 g/mol. The third-order valence-electron chi connectivity index (χ3n) is 7.21. The molecule has 1 N–H and O–H groups in total. The van der Waals surface area contributed by atoms with E-state index in [-0.39, 0.29) is 63.6 Å². The number of carboxylic acids is 1. The van der Waals surface area contributed by atoms with Crippen molar-refractivity contribution in [3.8, 4) is 5.75 Å². The third kappa shape index (κ3) is 5.23. The minimum Gasteiger partial charge on any atom is -0.481 e. The van der Waals surface area contributed by atoms with Gasteiger partial charge < -0.3 is 14.2 Å². The smallest absolute Gasteiger partial charge is 0.339 e. The van der Waals surface area contributed by atoms with Gasteiger partial charge in [-0.25, -0.2) is 0 Å². The molecule has 0 unspecified atom stereocenters. The number of hydrogen-bond donors (Lipinski definition) is 1. The highest BCUT2D eigenvalue weighted by Gasteiger charge is 2.45. The zero-order valence-corrected chi connectivity index (χ0v) is 23.1. The van der Waals surface area contributed by atoms with Crippen LogP contribution in [0.5, 0.6) is 5.75 Å². The molecule has 0 aromatic heterocycles. The predicted octanol–water partition coefficient (Wildman–Crippen LogP) is 5.65. The Hall–Kier alpha value is -3.14. The average Bonchev–Trinajstić information content (AvgIpc) is 2.89. The van der Waals surface area contributed by atoms with Crippen molar-refractivity contribution >= 4 is 50.9 Å². The Morgan fingerprint density at radius 1 is 0.949 bits per heavy atom. The Labute approximate surface area is 236 Å². The van der Waals surface area contributed by atoms with Crippen LogP contribution in [-0.4, -0.2) is 42.5 Å². The van der Waals surface area contributed by atoms with Crippen molar-refractivity contribution in [3.63, 3.8) is 0 Å². The summed E-state index contributed by atoms with van der Waals surface area (Å²) in [6.07, 6.45) is 2.48. The van der Waals surface area contributed by atoms with Crippen LogP contribution in [0.2, 0.25) is 10.0 Å². The summed E-state index contributed by atoms with van der Waals surface area (Å²) in [7, 11) is -4.33. The molecule has 0 spiro atoms. The number of ketones is 2. The Kier molecular flexibility index (Phi) is 7.59. The van der Waals surface area contributed by atoms with Crippen molar-refractivity contribution in [2.24, 2.45) is 0 Å². The summed E-state index contributed by atoms with van der Waals surface area (Å²) >= 11 is 12.9. The number of Topliss-reactive ketones (excluding diaryl/α,β-unsaturated/α-hetero) is 2. The standard InChI is InChI=1S/C28H25Cl2NO7S/c29-16-14-18(28(19(30)15-16)38-39(36,37)17-6-2-1-3-7-17)25-26-20(8-4-10-22(26)32)31(13-12-24(34)35)21-9-5-11-23(33)27(21)25/h1-3,6-7,14-15,25H,4-5,8-13H2,(H,34,35). The summed E-state index contributed by atoms with van der Waals surface area (Å²) in [6.45, 7) is 0.113. The van der Waals surface area contributed by atoms with Gasteiger partial charge in [0.1, 0.15) is 4.90 Å². The Bertz CT molecular complexity index is 1500. The lowest BCUT2D eigenvalue weighted by Gasteiger charge is -2.44. The molecule has 0 radical (unpaired) electrons. The van der Waals surface area contributed by atoms with E-state index in [0.29, 0.717) is 48.2 Å². The van der Waals surface area contributed by atoms with Crippen LogP contribution in [0.3, 0.4) is 0 Å². The molecule has 0 bridgehead atoms. The molecule has 2 aromatic rings. The fourth-order valence-corrected chi connectivity index (χ4v) is 7.22. The first-order valence-electron chi connectivity index (χ1n) is 12.6. The van der Waals surface area contributed by atoms with Gasteiger partial charge >= 0.3 is 16.1 Å². The Morgan fingerprint density at radius 2 is 1.54 bits per heavy atom. The number of nitrogens with zero attached hydrogens (tertiary/aromatic N) is 1. The molecule has 0 amide bonds. The first-order chi connectivity index (χ1) is 18.6. The fourth-order valence-electron chi connectivity index (χ4n) is 5.63. The van der Waals surface area contributed by atoms with Crippen LogP contribution >= 0.6 is 23.2 Å². The number of allylic oxidation sites excluding steroid dienone is 4. The first kappa shape index (κ1) is 27.4. The summed E-state index contributed by atoms with van der Waals surface area (Å²) in [5.41, 5.74) is 2.18. The summed E-state index contributed by atoms with van der Waals surface area (Å²) < 4.78 is 32.1. The maximum absolute atomic E-state index is 13.5. The molecule has 8 nitrogen and oxygen atoms in total. The Morgan fingerprint density at radius 3 is 2.10 bits per heavy atom. The number of halogens is 2. The largest absolute Gasteiger partial charge is 0.481 e. The number of aliphatic carboxylic acids is 1. The maximum Gasteiger partial charge on any atom is 0.339 e. The first-order valence-corrected chi connectivity index (χ1v) is 14.7. The van der Waals surface area contributed by atoms with Crippen molar-refractivity contribution in [2.75, 3.05) is 6.54 Å². The average molecular weight is 590 g/mol. The van der Waals surface area contributed by atoms with Crippen molar-refractivity contribution in [1.29, 1.82) is 0 Å². The molecule has 1 heterocycles. The molecule has 2 aromatic carbocycles. The van der Waals surface area contributed by atoms with Crippen LogP contribution in [0.4, 0.5) is 0 Å². The van der Waals surface area contributed by atoms with E-state index >= 15 is 0 Å². The minimum absolute atomic E-state index is 0.0823. The molecule has 0 atom stereocenters. The molecule has 0 saturated carbocycles. The SMILES string of the molecule is O=C(O)CCN1C2=C(C(=O)CCC2)C(c2cc(Cl)cc(Cl)c2OS(=O)(=O)c2ccccc2)C2=C1CCCC2=O. The van der Waals surface area contributed by atoms with Crippen molar-refractivity contribution in [3.05, 3.63) is 80.6 Å². The number of carbonyl (C=O) groups excluding carboxylic acids is 2. The van der Waals surface area contributed by atoms with Gasteiger partial charge in [0.25, 0.3) is 0 Å². The lowest BCUT2D eigenvalue weighted by molar-refractivity contribution is -0.137. The van der Waals surface area contributed by atoms with Crippen LogP contribution in [0.25, 0.3) is 0 Å². The van der Waals surface area contributed by atoms with E-state index in [1.165, 1.54) is 24.3 Å². The van der Waals surface area contributed by atoms with Gasteiger partial charge in [0.15, 0.2) is 17.3 Å². The van der Waals surface area contributed by atoms with Crippen LogP contribution in [0.15, 0.2) is 69.9 Å². The van der Waals surface area contributed by atoms with Gasteiger partial charge in [-0.05, 0) is 49.9 Å². The summed E-state index contributed by atoms with van der Waals surface area (Å²) in [6, 6.07) is 10.4. The van der Waals surface area contributed by atoms with Gasteiger partial charge in [-0.3, -0.25) is 14.4 Å². The molecular formula is C28H25Cl2NO7S. The van der Waals surface area contributed by atoms with E-state index in [0.717, 1.165) is 0 Å². The van der Waals surface area contributed by atoms with E-state index in [1.807, 2.05) is 4.90 Å². The molecule has 5 rings (SSSR count). The Balaban J connectivity index is 1.74. The number of carboxylic acid groups (broad SMARTS) is 1. The lowest BCUT2D eigenvalue weighted by Crippen LogP contribution is -2.40. The van der Waals surface area contributed by atoms with Crippen molar-refractivity contribution in [2.45, 2.75) is 55.8 Å². The molecule has 11 heteroatoms. The van der Waals surface area contributed by atoms with E-state index in [1.54, 1.807) is 18.2 Å². The van der Waals surface area contributed by atoms with Gasteiger partial charge in [-0.15, -0.1) is 0 Å². The van der Waals surface area contributed by atoms with E-state index in [4.69, 9.17) is 27.4 Å². The number of carbonyl (C=O) groups is 3. The van der Waals surface area contributed by atoms with Crippen molar-refractivity contribution < 1.29 is 32.1 Å². The molecule has 0 fully saturated rings. The van der Waals surface area contributed by atoms with Gasteiger partial charge in [-0.1, -0.05) is 41.4 Å². The molecule has 2 aliphatic carbocycles. The normalized spacial score (nSPS) is 18.3. The van der Waals surface area contributed by atoms with Crippen LogP contribution in [0, 0.1) is 0 Å². The predicted molar refractivity (Wildman–Crippen MR) is 144 cm³/mol. The zero-order chi connectivity index (χ0) is 27.9. The van der Waals surface area contributed by atoms with Gasteiger partial charge in [-0.2, -0.15) is 8.42 Å². The van der Waals surface area contributed by atoms with E-state index in [9.17, 15) is 27.9 Å². The number of benzene rings is 2. The molecule has 1 aliphatic heterocycles. The second-order valence-corrected chi connectivity index (χ2v) is 12.0. The van der Waals surface area contributed by atoms with Crippen LogP contribution in [-0.2, 0) is 24.5 Å². The molecule has 0 saturated heterocycles. The minimum atomic E-state index is -4.33. The summed E-state index contributed by atoms with van der Waals surface area (Å²) in [5.74, 6) is -2.54. The van der Waals surface area contributed by atoms with E-state index < -0.39 is 22.0 Å². The molecule has 3 aliphatic rings. The monoisotopic (exact) mass is 589 g/mol. The second-order valence-electron chi connectivity index (χ2n) is 9.66. The zero-order valence-electron chi connectivity index (χ0n) is 20.8. The van der Waals surface area contributed by atoms with Crippen LogP contribution < -0.4 is 4.18 Å². The fraction of sp³-hybridized carbons (Fsp3) is 0.321. The summed E-state index contributed by atoms with van der Waals surface area (Å²) in [5, 5.41) is 9.48. The van der Waals surface area contributed by atoms with E-state index in [2.05, 4.69) is 0 Å². The van der Waals surface area contributed by atoms with Crippen LogP contribution in [0.1, 0.15) is 56.4 Å². The topological polar surface area (TPSA) is 118 Å². The highest BCUT2D eigenvalue weighted by atomic mass is 35.5. The quantitative estimate of drug-likeness (QED) is 0.411. The molecule has 204 valence electrons. The van der Waals surface area contributed by atoms with Gasteiger partial charge in [0, 0.05) is 58.4 Å². The highest BCUT2D eigenvalue weighted by Crippen LogP contribution is 2.52. The highest BCUT2D eigenvalue weighted by molar-refractivity contribution is 7.87. The van der Waals surface area contributed by atoms with Crippen molar-refractivity contribution in [1.82, 2.24) is 4.90 Å². The van der Waals surface area contributed by atoms with Gasteiger partial charge in [0.05, 0.1) is 11.4 Å². The maximum atomic E-state index is 13.5. The second kappa shape index (κ2) is 10.8. The third-order valence-corrected chi connectivity index (χ3v) is 8.94. The molecule has 39 heavy (non-hydrogen) atoms.